The van der Waals surface area contributed by atoms with E-state index in [1.165, 1.54) is 29.2 Å². The molecule has 1 aliphatic heterocycles. The van der Waals surface area contributed by atoms with Crippen molar-refractivity contribution in [2.24, 2.45) is 0 Å². The highest BCUT2D eigenvalue weighted by molar-refractivity contribution is 7.89. The number of nitrogens with one attached hydrogen (secondary N) is 1. The van der Waals surface area contributed by atoms with Crippen molar-refractivity contribution in [2.75, 3.05) is 11.4 Å². The van der Waals surface area contributed by atoms with Gasteiger partial charge in [-0.05, 0) is 56.2 Å². The van der Waals surface area contributed by atoms with Gasteiger partial charge in [0, 0.05) is 12.2 Å². The van der Waals surface area contributed by atoms with Crippen LogP contribution in [0.25, 0.3) is 0 Å². The third-order valence-corrected chi connectivity index (χ3v) is 5.89. The highest BCUT2D eigenvalue weighted by atomic mass is 32.2. The van der Waals surface area contributed by atoms with Crippen LogP contribution < -0.4 is 9.62 Å². The molecule has 3 rings (SSSR count). The van der Waals surface area contributed by atoms with E-state index in [-0.39, 0.29) is 16.6 Å². The minimum absolute atomic E-state index is 0.172. The topological polar surface area (TPSA) is 66.5 Å². The Morgan fingerprint density at radius 1 is 1.12 bits per heavy atom. The Bertz CT molecular complexity index is 910. The number of aryl methyl sites for hydroxylation is 2. The molecule has 0 aliphatic carbocycles. The zero-order valence-electron chi connectivity index (χ0n) is 14.0. The molecule has 0 radical (unpaired) electrons. The smallest absolute Gasteiger partial charge is 0.245 e. The van der Waals surface area contributed by atoms with Crippen LogP contribution in [0.4, 0.5) is 10.1 Å². The van der Waals surface area contributed by atoms with Gasteiger partial charge < -0.3 is 4.90 Å². The van der Waals surface area contributed by atoms with Crippen molar-refractivity contribution >= 4 is 21.6 Å². The average molecular weight is 362 g/mol. The highest BCUT2D eigenvalue weighted by Crippen LogP contribution is 2.24. The maximum absolute atomic E-state index is 13.0. The minimum Gasteiger partial charge on any atom is -0.311 e. The van der Waals surface area contributed by atoms with Gasteiger partial charge in [0.2, 0.25) is 15.9 Å². The molecule has 1 saturated heterocycles. The van der Waals surface area contributed by atoms with Crippen molar-refractivity contribution in [3.05, 3.63) is 59.4 Å². The van der Waals surface area contributed by atoms with Gasteiger partial charge in [0.25, 0.3) is 0 Å². The summed E-state index contributed by atoms with van der Waals surface area (Å²) in [7, 11) is -3.79. The first kappa shape index (κ1) is 17.6. The van der Waals surface area contributed by atoms with E-state index in [2.05, 4.69) is 4.72 Å². The molecule has 0 aromatic heterocycles. The van der Waals surface area contributed by atoms with E-state index in [9.17, 15) is 17.6 Å². The molecule has 1 N–H and O–H groups in total. The number of benzene rings is 2. The Morgan fingerprint density at radius 3 is 2.44 bits per heavy atom. The molecule has 0 unspecified atom stereocenters. The predicted molar refractivity (Wildman–Crippen MR) is 93.4 cm³/mol. The summed E-state index contributed by atoms with van der Waals surface area (Å²) in [6.45, 7) is 3.99. The molecule has 1 amide bonds. The lowest BCUT2D eigenvalue weighted by atomic mass is 10.2. The fourth-order valence-electron chi connectivity index (χ4n) is 3.02. The van der Waals surface area contributed by atoms with Crippen LogP contribution >= 0.6 is 0 Å². The number of carbonyl (C=O) groups excluding carboxylic acids is 1. The first-order chi connectivity index (χ1) is 11.8. The predicted octanol–water partition coefficient (Wildman–Crippen LogP) is 2.53. The highest BCUT2D eigenvalue weighted by Gasteiger charge is 2.36. The Morgan fingerprint density at radius 2 is 1.80 bits per heavy atom. The van der Waals surface area contributed by atoms with Crippen LogP contribution in [0.2, 0.25) is 0 Å². The number of carbonyl (C=O) groups is 1. The summed E-state index contributed by atoms with van der Waals surface area (Å²) < 4.78 is 40.8. The van der Waals surface area contributed by atoms with Crippen LogP contribution in [-0.2, 0) is 14.8 Å². The van der Waals surface area contributed by atoms with E-state index in [0.717, 1.165) is 5.56 Å². The first-order valence-corrected chi connectivity index (χ1v) is 9.43. The Balaban J connectivity index is 1.79. The zero-order chi connectivity index (χ0) is 18.2. The van der Waals surface area contributed by atoms with Gasteiger partial charge in [-0.25, -0.2) is 12.8 Å². The van der Waals surface area contributed by atoms with Gasteiger partial charge in [-0.1, -0.05) is 17.7 Å². The molecule has 1 heterocycles. The van der Waals surface area contributed by atoms with E-state index >= 15 is 0 Å². The number of sulfonamides is 1. The Kier molecular flexibility index (Phi) is 4.62. The standard InChI is InChI=1S/C18H19FN2O3S/c1-12-3-8-17(13(2)11-12)25(23,24)20-16-9-10-21(18(16)22)15-6-4-14(19)5-7-15/h3-8,11,16,20H,9-10H2,1-2H3/t16-/m0/s1. The molecule has 1 atom stereocenters. The maximum atomic E-state index is 13.0. The van der Waals surface area contributed by atoms with Crippen LogP contribution in [0, 0.1) is 19.7 Å². The van der Waals surface area contributed by atoms with Crippen LogP contribution in [-0.4, -0.2) is 26.9 Å². The molecule has 7 heteroatoms. The van der Waals surface area contributed by atoms with Gasteiger partial charge in [0.15, 0.2) is 0 Å². The summed E-state index contributed by atoms with van der Waals surface area (Å²) in [5.74, 6) is -0.720. The second kappa shape index (κ2) is 6.57. The van der Waals surface area contributed by atoms with E-state index in [1.807, 2.05) is 6.92 Å². The summed E-state index contributed by atoms with van der Waals surface area (Å²) in [4.78, 5) is 14.2. The molecule has 132 valence electrons. The fourth-order valence-corrected chi connectivity index (χ4v) is 4.47. The van der Waals surface area contributed by atoms with Crippen LogP contribution in [0.1, 0.15) is 17.5 Å². The van der Waals surface area contributed by atoms with Gasteiger partial charge >= 0.3 is 0 Å². The summed E-state index contributed by atoms with van der Waals surface area (Å²) in [5.41, 5.74) is 2.16. The fraction of sp³-hybridized carbons (Fsp3) is 0.278. The van der Waals surface area contributed by atoms with Crippen molar-refractivity contribution in [1.82, 2.24) is 4.72 Å². The lowest BCUT2D eigenvalue weighted by Gasteiger charge is -2.17. The molecule has 0 spiro atoms. The normalized spacial score (nSPS) is 18.0. The molecule has 2 aromatic rings. The largest absolute Gasteiger partial charge is 0.311 e. The summed E-state index contributed by atoms with van der Waals surface area (Å²) >= 11 is 0. The Hall–Kier alpha value is -2.25. The van der Waals surface area contributed by atoms with E-state index < -0.39 is 16.1 Å². The van der Waals surface area contributed by atoms with Gasteiger partial charge in [-0.15, -0.1) is 0 Å². The summed E-state index contributed by atoms with van der Waals surface area (Å²) in [6, 6.07) is 9.80. The van der Waals surface area contributed by atoms with Crippen LogP contribution in [0.3, 0.4) is 0 Å². The molecule has 2 aromatic carbocycles. The average Bonchev–Trinajstić information content (AvgIpc) is 2.88. The molecule has 1 fully saturated rings. The van der Waals surface area contributed by atoms with Gasteiger partial charge in [0.1, 0.15) is 11.9 Å². The molecule has 0 saturated carbocycles. The SMILES string of the molecule is Cc1ccc(S(=O)(=O)N[C@H]2CCN(c3ccc(F)cc3)C2=O)c(C)c1. The minimum atomic E-state index is -3.79. The summed E-state index contributed by atoms with van der Waals surface area (Å²) in [5, 5.41) is 0. The third-order valence-electron chi connectivity index (χ3n) is 4.26. The molecule has 25 heavy (non-hydrogen) atoms. The number of amides is 1. The van der Waals surface area contributed by atoms with Gasteiger partial charge in [-0.3, -0.25) is 4.79 Å². The van der Waals surface area contributed by atoms with Crippen molar-refractivity contribution in [3.8, 4) is 0 Å². The molecule has 5 nitrogen and oxygen atoms in total. The summed E-state index contributed by atoms with van der Waals surface area (Å²) in [6.07, 6.45) is 0.361. The lowest BCUT2D eigenvalue weighted by Crippen LogP contribution is -2.41. The third kappa shape index (κ3) is 3.57. The lowest BCUT2D eigenvalue weighted by molar-refractivity contribution is -0.118. The Labute approximate surface area is 146 Å². The first-order valence-electron chi connectivity index (χ1n) is 7.94. The van der Waals surface area contributed by atoms with E-state index in [4.69, 9.17) is 0 Å². The van der Waals surface area contributed by atoms with Crippen molar-refractivity contribution < 1.29 is 17.6 Å². The second-order valence-electron chi connectivity index (χ2n) is 6.20. The zero-order valence-corrected chi connectivity index (χ0v) is 14.8. The molecule has 0 bridgehead atoms. The number of anilines is 1. The van der Waals surface area contributed by atoms with E-state index in [1.54, 1.807) is 25.1 Å². The van der Waals surface area contributed by atoms with Gasteiger partial charge in [-0.2, -0.15) is 4.72 Å². The molecule has 1 aliphatic rings. The quantitative estimate of drug-likeness (QED) is 0.909. The van der Waals surface area contributed by atoms with Crippen molar-refractivity contribution in [1.29, 1.82) is 0 Å². The second-order valence-corrected chi connectivity index (χ2v) is 7.88. The van der Waals surface area contributed by atoms with E-state index in [0.29, 0.717) is 24.2 Å². The molecular weight excluding hydrogens is 343 g/mol. The number of hydrogen-bond acceptors (Lipinski definition) is 3. The van der Waals surface area contributed by atoms with Crippen LogP contribution in [0.15, 0.2) is 47.4 Å². The van der Waals surface area contributed by atoms with Crippen molar-refractivity contribution in [2.45, 2.75) is 31.2 Å². The maximum Gasteiger partial charge on any atom is 0.245 e. The number of hydrogen-bond donors (Lipinski definition) is 1. The number of rotatable bonds is 4. The monoisotopic (exact) mass is 362 g/mol. The van der Waals surface area contributed by atoms with Crippen LogP contribution in [0.5, 0.6) is 0 Å². The van der Waals surface area contributed by atoms with Gasteiger partial charge in [0.05, 0.1) is 4.90 Å². The molecular formula is C18H19FN2O3S. The number of halogens is 1. The number of nitrogens with zero attached hydrogens (tertiary/aromatic N) is 1. The van der Waals surface area contributed by atoms with Crippen molar-refractivity contribution in [3.63, 3.8) is 0 Å².